The minimum absolute atomic E-state index is 0.0183. The highest BCUT2D eigenvalue weighted by Gasteiger charge is 2.37. The number of thiazole rings is 1. The van der Waals surface area contributed by atoms with Crippen molar-refractivity contribution in [3.63, 3.8) is 0 Å². The molecule has 0 aliphatic heterocycles. The maximum atomic E-state index is 13.3. The van der Waals surface area contributed by atoms with Crippen LogP contribution < -0.4 is 15.0 Å². The summed E-state index contributed by atoms with van der Waals surface area (Å²) >= 11 is 1.33. The van der Waals surface area contributed by atoms with Gasteiger partial charge in [-0.25, -0.2) is 9.67 Å². The van der Waals surface area contributed by atoms with Crippen LogP contribution in [0, 0.1) is 0 Å². The predicted molar refractivity (Wildman–Crippen MR) is 110 cm³/mol. The topological polar surface area (TPSA) is 66.2 Å². The van der Waals surface area contributed by atoms with E-state index in [0.717, 1.165) is 29.2 Å². The molecule has 4 rings (SSSR count). The lowest BCUT2D eigenvalue weighted by Gasteiger charge is -2.11. The molecule has 0 spiro atoms. The van der Waals surface area contributed by atoms with E-state index in [9.17, 15) is 18.0 Å². The van der Waals surface area contributed by atoms with Crippen molar-refractivity contribution in [1.82, 2.24) is 14.8 Å². The number of benzene rings is 1. The number of methoxy groups -OCH3 is 1. The van der Waals surface area contributed by atoms with Gasteiger partial charge in [0.15, 0.2) is 11.5 Å². The normalized spacial score (nSPS) is 14.0. The molecule has 1 saturated carbocycles. The molecule has 0 N–H and O–H groups in total. The maximum absolute atomic E-state index is 13.3. The number of nitrogens with zero attached hydrogens (tertiary/aromatic N) is 3. The zero-order valence-corrected chi connectivity index (χ0v) is 17.7. The highest BCUT2D eigenvalue weighted by Crippen LogP contribution is 2.40. The molecule has 2 aromatic heterocycles. The molecule has 0 radical (unpaired) electrons. The Kier molecular flexibility index (Phi) is 5.74. The molecule has 0 bridgehead atoms. The second-order valence-corrected chi connectivity index (χ2v) is 8.02. The van der Waals surface area contributed by atoms with E-state index in [0.29, 0.717) is 34.5 Å². The van der Waals surface area contributed by atoms with Crippen molar-refractivity contribution < 1.29 is 22.6 Å². The lowest BCUT2D eigenvalue weighted by Crippen LogP contribution is -2.31. The van der Waals surface area contributed by atoms with Crippen molar-refractivity contribution in [2.24, 2.45) is 0 Å². The first-order valence-corrected chi connectivity index (χ1v) is 10.6. The lowest BCUT2D eigenvalue weighted by molar-refractivity contribution is -0.139. The van der Waals surface area contributed by atoms with Gasteiger partial charge in [0.05, 0.1) is 31.6 Å². The Hall–Kier alpha value is -2.88. The first-order chi connectivity index (χ1) is 14.8. The summed E-state index contributed by atoms with van der Waals surface area (Å²) in [7, 11) is 1.54. The van der Waals surface area contributed by atoms with Gasteiger partial charge in [-0.2, -0.15) is 18.3 Å². The predicted octanol–water partition coefficient (Wildman–Crippen LogP) is 4.72. The van der Waals surface area contributed by atoms with Crippen LogP contribution in [0.15, 0.2) is 34.4 Å². The fourth-order valence-electron chi connectivity index (χ4n) is 3.19. The van der Waals surface area contributed by atoms with E-state index in [1.165, 1.54) is 18.4 Å². The van der Waals surface area contributed by atoms with Gasteiger partial charge in [-0.15, -0.1) is 11.3 Å². The Bertz CT molecular complexity index is 1150. The summed E-state index contributed by atoms with van der Waals surface area (Å²) in [6.07, 6.45) is -3.16. The van der Waals surface area contributed by atoms with Crippen LogP contribution in [-0.4, -0.2) is 28.5 Å². The number of alkyl halides is 3. The third kappa shape index (κ3) is 4.58. The van der Waals surface area contributed by atoms with Crippen LogP contribution in [0.25, 0.3) is 10.6 Å². The largest absolute Gasteiger partial charge is 0.493 e. The molecule has 0 amide bonds. The van der Waals surface area contributed by atoms with Crippen molar-refractivity contribution in [2.45, 2.75) is 38.4 Å². The van der Waals surface area contributed by atoms with Crippen molar-refractivity contribution >= 4 is 11.3 Å². The molecule has 0 atom stereocenters. The Labute approximate surface area is 180 Å². The Morgan fingerprint density at radius 2 is 2.00 bits per heavy atom. The molecular weight excluding hydrogens is 431 g/mol. The Morgan fingerprint density at radius 1 is 1.23 bits per heavy atom. The van der Waals surface area contributed by atoms with Crippen LogP contribution >= 0.6 is 11.3 Å². The van der Waals surface area contributed by atoms with E-state index >= 15 is 0 Å². The summed E-state index contributed by atoms with van der Waals surface area (Å²) in [5, 5.41) is 6.54. The van der Waals surface area contributed by atoms with Crippen LogP contribution in [-0.2, 0) is 12.7 Å². The third-order valence-electron chi connectivity index (χ3n) is 4.87. The minimum Gasteiger partial charge on any atom is -0.493 e. The van der Waals surface area contributed by atoms with E-state index in [1.807, 2.05) is 13.0 Å². The highest BCUT2D eigenvalue weighted by atomic mass is 32.1. The van der Waals surface area contributed by atoms with Crippen molar-refractivity contribution in [2.75, 3.05) is 13.7 Å². The summed E-state index contributed by atoms with van der Waals surface area (Å²) in [5.74, 6) is 1.15. The molecule has 1 fully saturated rings. The monoisotopic (exact) mass is 451 g/mol. The van der Waals surface area contributed by atoms with Crippen LogP contribution in [0.3, 0.4) is 0 Å². The Morgan fingerprint density at radius 3 is 2.65 bits per heavy atom. The molecule has 0 saturated heterocycles. The summed E-state index contributed by atoms with van der Waals surface area (Å²) < 4.78 is 51.8. The van der Waals surface area contributed by atoms with Crippen LogP contribution in [0.5, 0.6) is 11.5 Å². The van der Waals surface area contributed by atoms with Gasteiger partial charge in [0.1, 0.15) is 10.6 Å². The summed E-state index contributed by atoms with van der Waals surface area (Å²) in [5.41, 5.74) is -0.799. The molecule has 10 heteroatoms. The second kappa shape index (κ2) is 8.33. The number of hydrogen-bond donors (Lipinski definition) is 0. The van der Waals surface area contributed by atoms with Crippen molar-refractivity contribution in [1.29, 1.82) is 0 Å². The van der Waals surface area contributed by atoms with Gasteiger partial charge >= 0.3 is 6.18 Å². The van der Waals surface area contributed by atoms with Gasteiger partial charge in [0, 0.05) is 16.9 Å². The molecular formula is C21H20F3N3O3S. The molecule has 1 aromatic carbocycles. The van der Waals surface area contributed by atoms with Crippen LogP contribution in [0.2, 0.25) is 0 Å². The van der Waals surface area contributed by atoms with Gasteiger partial charge in [-0.1, -0.05) is 0 Å². The highest BCUT2D eigenvalue weighted by molar-refractivity contribution is 7.13. The third-order valence-corrected chi connectivity index (χ3v) is 5.81. The standard InChI is InChI=1S/C21H20F3N3O3S/c1-3-30-17-7-6-13(8-18(17)29-2)19-25-14(11-31-19)10-27-20(28)15(21(22,23)24)9-16(26-27)12-4-5-12/h6-9,11-12H,3-5,10H2,1-2H3. The molecule has 164 valence electrons. The van der Waals surface area contributed by atoms with E-state index in [4.69, 9.17) is 9.47 Å². The van der Waals surface area contributed by atoms with Crippen LogP contribution in [0.1, 0.15) is 42.6 Å². The van der Waals surface area contributed by atoms with Crippen molar-refractivity contribution in [3.8, 4) is 22.1 Å². The zero-order valence-electron chi connectivity index (χ0n) is 16.9. The molecule has 0 unspecified atom stereocenters. The van der Waals surface area contributed by atoms with Gasteiger partial charge < -0.3 is 9.47 Å². The quantitative estimate of drug-likeness (QED) is 0.520. The molecule has 2 heterocycles. The van der Waals surface area contributed by atoms with E-state index < -0.39 is 17.3 Å². The summed E-state index contributed by atoms with van der Waals surface area (Å²) in [6, 6.07) is 6.28. The number of halogens is 3. The molecule has 3 aromatic rings. The van der Waals surface area contributed by atoms with Gasteiger partial charge in [-0.05, 0) is 44.0 Å². The molecule has 6 nitrogen and oxygen atoms in total. The smallest absolute Gasteiger partial charge is 0.421 e. The second-order valence-electron chi connectivity index (χ2n) is 7.16. The number of ether oxygens (including phenoxy) is 2. The number of rotatable bonds is 7. The van der Waals surface area contributed by atoms with Crippen molar-refractivity contribution in [3.05, 3.63) is 57.0 Å². The average Bonchev–Trinajstić information content (AvgIpc) is 3.48. The molecule has 31 heavy (non-hydrogen) atoms. The fraction of sp³-hybridized carbons (Fsp3) is 0.381. The summed E-state index contributed by atoms with van der Waals surface area (Å²) in [6.45, 7) is 2.24. The Balaban J connectivity index is 1.64. The molecule has 1 aliphatic rings. The lowest BCUT2D eigenvalue weighted by atomic mass is 10.2. The fourth-order valence-corrected chi connectivity index (χ4v) is 4.00. The maximum Gasteiger partial charge on any atom is 0.421 e. The van der Waals surface area contributed by atoms with Crippen LogP contribution in [0.4, 0.5) is 13.2 Å². The zero-order chi connectivity index (χ0) is 22.2. The van der Waals surface area contributed by atoms with E-state index in [-0.39, 0.29) is 12.5 Å². The van der Waals surface area contributed by atoms with E-state index in [2.05, 4.69) is 10.1 Å². The number of hydrogen-bond acceptors (Lipinski definition) is 6. The SMILES string of the molecule is CCOc1ccc(-c2nc(Cn3nc(C4CC4)cc(C(F)(F)F)c3=O)cs2)cc1OC. The first-order valence-electron chi connectivity index (χ1n) is 9.75. The number of aromatic nitrogens is 3. The van der Waals surface area contributed by atoms with Gasteiger partial charge in [0.2, 0.25) is 0 Å². The van der Waals surface area contributed by atoms with E-state index in [1.54, 1.807) is 17.5 Å². The van der Waals surface area contributed by atoms with Gasteiger partial charge in [0.25, 0.3) is 5.56 Å². The minimum atomic E-state index is -4.72. The summed E-state index contributed by atoms with van der Waals surface area (Å²) in [4.78, 5) is 16.9. The average molecular weight is 451 g/mol. The first kappa shape index (κ1) is 21.4. The van der Waals surface area contributed by atoms with Gasteiger partial charge in [-0.3, -0.25) is 4.79 Å². The molecule has 1 aliphatic carbocycles.